The van der Waals surface area contributed by atoms with Crippen LogP contribution in [0.1, 0.15) is 24.0 Å². The van der Waals surface area contributed by atoms with Crippen LogP contribution in [0.5, 0.6) is 0 Å². The minimum absolute atomic E-state index is 0.128. The molecule has 0 aliphatic carbocycles. The molecule has 0 bridgehead atoms. The van der Waals surface area contributed by atoms with Crippen molar-refractivity contribution in [2.24, 2.45) is 0 Å². The molecule has 0 saturated carbocycles. The van der Waals surface area contributed by atoms with E-state index in [0.29, 0.717) is 23.4 Å². The van der Waals surface area contributed by atoms with Gasteiger partial charge in [-0.1, -0.05) is 41.9 Å². The molecular formula is C20H21ClF3N3O2. The first-order valence-corrected chi connectivity index (χ1v) is 9.63. The molecule has 1 amide bonds. The number of piperidine rings is 1. The maximum Gasteiger partial charge on any atom is 0.417 e. The lowest BCUT2D eigenvalue weighted by molar-refractivity contribution is -0.138. The summed E-state index contributed by atoms with van der Waals surface area (Å²) in [6.45, 7) is 1.79. The van der Waals surface area contributed by atoms with Crippen LogP contribution in [0.4, 0.5) is 13.2 Å². The molecule has 29 heavy (non-hydrogen) atoms. The van der Waals surface area contributed by atoms with Crippen LogP contribution in [0.3, 0.4) is 0 Å². The third-order valence-corrected chi connectivity index (χ3v) is 5.07. The predicted molar refractivity (Wildman–Crippen MR) is 104 cm³/mol. The minimum Gasteiger partial charge on any atom is -0.351 e. The first-order chi connectivity index (χ1) is 13.7. The molecule has 1 aromatic heterocycles. The second kappa shape index (κ2) is 9.00. The molecule has 2 heterocycles. The van der Waals surface area contributed by atoms with Gasteiger partial charge in [-0.25, -0.2) is 0 Å². The Morgan fingerprint density at radius 2 is 1.97 bits per heavy atom. The van der Waals surface area contributed by atoms with E-state index in [9.17, 15) is 22.8 Å². The lowest BCUT2D eigenvalue weighted by atomic mass is 10.0. The topological polar surface area (TPSA) is 54.3 Å². The van der Waals surface area contributed by atoms with E-state index in [1.54, 1.807) is 0 Å². The second-order valence-corrected chi connectivity index (χ2v) is 7.54. The van der Waals surface area contributed by atoms with Crippen molar-refractivity contribution in [3.63, 3.8) is 0 Å². The van der Waals surface area contributed by atoms with E-state index < -0.39 is 34.8 Å². The Morgan fingerprint density at radius 3 is 2.66 bits per heavy atom. The lowest BCUT2D eigenvalue weighted by Gasteiger charge is -2.33. The van der Waals surface area contributed by atoms with Crippen molar-refractivity contribution in [3.8, 4) is 0 Å². The zero-order valence-electron chi connectivity index (χ0n) is 15.6. The molecule has 1 aromatic carbocycles. The van der Waals surface area contributed by atoms with E-state index >= 15 is 0 Å². The standard InChI is InChI=1S/C20H21ClF3N3O2/c21-17-9-15(20(22,23)24)11-27(19(17)29)13-18(28)25-16-7-4-8-26(12-16)10-14-5-2-1-3-6-14/h1-3,5-6,9,11,16H,4,7-8,10,12-13H2,(H,25,28)/t16-/m1/s1. The number of aromatic nitrogens is 1. The van der Waals surface area contributed by atoms with Crippen LogP contribution in [-0.4, -0.2) is 34.5 Å². The van der Waals surface area contributed by atoms with E-state index in [1.165, 1.54) is 5.56 Å². The van der Waals surface area contributed by atoms with E-state index in [0.717, 1.165) is 25.9 Å². The highest BCUT2D eigenvalue weighted by atomic mass is 35.5. The van der Waals surface area contributed by atoms with Gasteiger partial charge in [0, 0.05) is 25.3 Å². The number of nitrogens with one attached hydrogen (secondary N) is 1. The fourth-order valence-corrected chi connectivity index (χ4v) is 3.68. The number of amides is 1. The molecular weight excluding hydrogens is 407 g/mol. The van der Waals surface area contributed by atoms with Crippen LogP contribution in [0.15, 0.2) is 47.4 Å². The number of hydrogen-bond donors (Lipinski definition) is 1. The molecule has 1 fully saturated rings. The molecule has 2 aromatic rings. The minimum atomic E-state index is -4.66. The first kappa shape index (κ1) is 21.4. The van der Waals surface area contributed by atoms with Gasteiger partial charge in [0.1, 0.15) is 11.6 Å². The van der Waals surface area contributed by atoms with Gasteiger partial charge in [0.25, 0.3) is 5.56 Å². The van der Waals surface area contributed by atoms with Crippen molar-refractivity contribution in [1.82, 2.24) is 14.8 Å². The third kappa shape index (κ3) is 5.83. The molecule has 156 valence electrons. The van der Waals surface area contributed by atoms with E-state index in [-0.39, 0.29) is 6.04 Å². The third-order valence-electron chi connectivity index (χ3n) is 4.80. The largest absolute Gasteiger partial charge is 0.417 e. The van der Waals surface area contributed by atoms with Crippen molar-refractivity contribution in [2.75, 3.05) is 13.1 Å². The van der Waals surface area contributed by atoms with Gasteiger partial charge in [0.05, 0.1) is 5.56 Å². The Hall–Kier alpha value is -2.32. The van der Waals surface area contributed by atoms with Gasteiger partial charge >= 0.3 is 6.18 Å². The van der Waals surface area contributed by atoms with Crippen LogP contribution in [0.25, 0.3) is 0 Å². The molecule has 0 radical (unpaired) electrons. The van der Waals surface area contributed by atoms with Crippen molar-refractivity contribution in [3.05, 3.63) is 69.1 Å². The Balaban J connectivity index is 1.62. The highest BCUT2D eigenvalue weighted by molar-refractivity contribution is 6.30. The summed E-state index contributed by atoms with van der Waals surface area (Å²) in [5.74, 6) is -0.519. The Kier molecular flexibility index (Phi) is 6.64. The summed E-state index contributed by atoms with van der Waals surface area (Å²) in [4.78, 5) is 26.6. The highest BCUT2D eigenvalue weighted by Crippen LogP contribution is 2.29. The van der Waals surface area contributed by atoms with Gasteiger partial charge in [-0.05, 0) is 31.0 Å². The van der Waals surface area contributed by atoms with Crippen LogP contribution >= 0.6 is 11.6 Å². The number of benzene rings is 1. The number of carbonyl (C=O) groups excluding carboxylic acids is 1. The van der Waals surface area contributed by atoms with Gasteiger partial charge in [0.2, 0.25) is 5.91 Å². The monoisotopic (exact) mass is 427 g/mol. The lowest BCUT2D eigenvalue weighted by Crippen LogP contribution is -2.48. The predicted octanol–water partition coefficient (Wildman–Crippen LogP) is 3.30. The molecule has 5 nitrogen and oxygen atoms in total. The molecule has 3 rings (SSSR count). The van der Waals surface area contributed by atoms with Crippen molar-refractivity contribution in [2.45, 2.75) is 38.1 Å². The zero-order chi connectivity index (χ0) is 21.0. The molecule has 1 aliphatic rings. The average molecular weight is 428 g/mol. The van der Waals surface area contributed by atoms with Crippen molar-refractivity contribution < 1.29 is 18.0 Å². The van der Waals surface area contributed by atoms with Gasteiger partial charge in [0.15, 0.2) is 0 Å². The summed E-state index contributed by atoms with van der Waals surface area (Å²) >= 11 is 5.62. The molecule has 1 saturated heterocycles. The first-order valence-electron chi connectivity index (χ1n) is 9.25. The highest BCUT2D eigenvalue weighted by Gasteiger charge is 2.32. The van der Waals surface area contributed by atoms with Crippen LogP contribution in [-0.2, 0) is 24.1 Å². The number of hydrogen-bond acceptors (Lipinski definition) is 3. The van der Waals surface area contributed by atoms with Crippen molar-refractivity contribution >= 4 is 17.5 Å². The summed E-state index contributed by atoms with van der Waals surface area (Å²) in [7, 11) is 0. The molecule has 0 unspecified atom stereocenters. The second-order valence-electron chi connectivity index (χ2n) is 7.13. The maximum absolute atomic E-state index is 12.9. The maximum atomic E-state index is 12.9. The van der Waals surface area contributed by atoms with Gasteiger partial charge in [-0.15, -0.1) is 0 Å². The quantitative estimate of drug-likeness (QED) is 0.796. The molecule has 1 aliphatic heterocycles. The summed E-state index contributed by atoms with van der Waals surface area (Å²) in [6, 6.07) is 10.4. The fourth-order valence-electron chi connectivity index (χ4n) is 3.46. The fraction of sp³-hybridized carbons (Fsp3) is 0.400. The molecule has 0 spiro atoms. The van der Waals surface area contributed by atoms with Crippen LogP contribution in [0.2, 0.25) is 5.02 Å². The summed E-state index contributed by atoms with van der Waals surface area (Å²) < 4.78 is 39.5. The number of halogens is 4. The number of nitrogens with zero attached hydrogens (tertiary/aromatic N) is 2. The van der Waals surface area contributed by atoms with Gasteiger partial charge in [-0.2, -0.15) is 13.2 Å². The Labute approximate surface area is 171 Å². The van der Waals surface area contributed by atoms with E-state index in [1.807, 2.05) is 30.3 Å². The smallest absolute Gasteiger partial charge is 0.351 e. The Morgan fingerprint density at radius 1 is 1.24 bits per heavy atom. The van der Waals surface area contributed by atoms with E-state index in [2.05, 4.69) is 10.2 Å². The average Bonchev–Trinajstić information content (AvgIpc) is 2.65. The van der Waals surface area contributed by atoms with E-state index in [4.69, 9.17) is 11.6 Å². The summed E-state index contributed by atoms with van der Waals surface area (Å²) in [5.41, 5.74) is -0.726. The number of alkyl halides is 3. The molecule has 1 N–H and O–H groups in total. The van der Waals surface area contributed by atoms with Crippen molar-refractivity contribution in [1.29, 1.82) is 0 Å². The summed E-state index contributed by atoms with van der Waals surface area (Å²) in [6.07, 6.45) is -2.37. The van der Waals surface area contributed by atoms with Crippen LogP contribution in [0, 0.1) is 0 Å². The number of pyridine rings is 1. The Bertz CT molecular complexity index is 915. The van der Waals surface area contributed by atoms with Crippen LogP contribution < -0.4 is 10.9 Å². The summed E-state index contributed by atoms with van der Waals surface area (Å²) in [5, 5.41) is 2.25. The molecule has 9 heteroatoms. The number of rotatable bonds is 5. The van der Waals surface area contributed by atoms with Gasteiger partial charge < -0.3 is 9.88 Å². The molecule has 1 atom stereocenters. The number of likely N-dealkylation sites (tertiary alicyclic amines) is 1. The SMILES string of the molecule is O=C(Cn1cc(C(F)(F)F)cc(Cl)c1=O)N[C@@H]1CCCN(Cc2ccccc2)C1. The normalized spacial score (nSPS) is 17.9. The number of carbonyl (C=O) groups is 1. The van der Waals surface area contributed by atoms with Gasteiger partial charge in [-0.3, -0.25) is 14.5 Å². The zero-order valence-corrected chi connectivity index (χ0v) is 16.3.